The average Bonchev–Trinajstić information content (AvgIpc) is 3.09. The van der Waals surface area contributed by atoms with E-state index in [1.54, 1.807) is 0 Å². The number of nitrogens with one attached hydrogen (secondary N) is 1. The topological polar surface area (TPSA) is 44.8 Å². The first-order valence-electron chi connectivity index (χ1n) is 8.71. The minimum absolute atomic E-state index is 0.0194. The van der Waals surface area contributed by atoms with E-state index in [4.69, 9.17) is 4.74 Å². The van der Waals surface area contributed by atoms with Crippen LogP contribution in [0.15, 0.2) is 24.3 Å². The highest BCUT2D eigenvalue weighted by molar-refractivity contribution is 5.94. The molecule has 0 aromatic heterocycles. The summed E-state index contributed by atoms with van der Waals surface area (Å²) < 4.78 is 5.32. The molecular weight excluding hydrogens is 290 g/mol. The lowest BCUT2D eigenvalue weighted by atomic mass is 10.1. The highest BCUT2D eigenvalue weighted by atomic mass is 16.5. The highest BCUT2D eigenvalue weighted by Crippen LogP contribution is 2.13. The minimum Gasteiger partial charge on any atom is -0.379 e. The number of ether oxygens (including phenoxy) is 1. The van der Waals surface area contributed by atoms with Gasteiger partial charge in [0, 0.05) is 38.3 Å². The zero-order valence-electron chi connectivity index (χ0n) is 13.8. The van der Waals surface area contributed by atoms with Crippen LogP contribution in [0.25, 0.3) is 0 Å². The summed E-state index contributed by atoms with van der Waals surface area (Å²) in [6.07, 6.45) is 2.62. The van der Waals surface area contributed by atoms with Gasteiger partial charge in [-0.05, 0) is 43.6 Å². The molecule has 2 fully saturated rings. The Bertz CT molecular complexity index is 491. The van der Waals surface area contributed by atoms with Crippen LogP contribution in [0.5, 0.6) is 0 Å². The van der Waals surface area contributed by atoms with Gasteiger partial charge in [0.2, 0.25) is 0 Å². The number of rotatable bonds is 6. The Morgan fingerprint density at radius 1 is 1.00 bits per heavy atom. The van der Waals surface area contributed by atoms with E-state index < -0.39 is 0 Å². The molecule has 1 N–H and O–H groups in total. The maximum Gasteiger partial charge on any atom is 0.251 e. The van der Waals surface area contributed by atoms with E-state index in [0.717, 1.165) is 45.0 Å². The number of amides is 1. The molecule has 5 nitrogen and oxygen atoms in total. The van der Waals surface area contributed by atoms with Crippen LogP contribution < -0.4 is 5.32 Å². The average molecular weight is 317 g/mol. The lowest BCUT2D eigenvalue weighted by Crippen LogP contribution is -2.41. The van der Waals surface area contributed by atoms with Gasteiger partial charge in [-0.2, -0.15) is 0 Å². The third kappa shape index (κ3) is 5.03. The van der Waals surface area contributed by atoms with Crippen LogP contribution in [-0.2, 0) is 11.3 Å². The van der Waals surface area contributed by atoms with E-state index in [1.807, 2.05) is 12.1 Å². The molecule has 1 aromatic carbocycles. The zero-order valence-corrected chi connectivity index (χ0v) is 13.8. The molecule has 3 rings (SSSR count). The van der Waals surface area contributed by atoms with Gasteiger partial charge in [-0.1, -0.05) is 12.1 Å². The molecule has 0 unspecified atom stereocenters. The molecule has 1 amide bonds. The second-order valence-corrected chi connectivity index (χ2v) is 6.39. The smallest absolute Gasteiger partial charge is 0.251 e. The molecule has 2 saturated heterocycles. The number of benzene rings is 1. The third-order valence-electron chi connectivity index (χ3n) is 4.64. The molecule has 0 aliphatic carbocycles. The molecule has 23 heavy (non-hydrogen) atoms. The number of morpholine rings is 1. The molecule has 5 heteroatoms. The first-order valence-corrected chi connectivity index (χ1v) is 8.71. The zero-order chi connectivity index (χ0) is 15.9. The van der Waals surface area contributed by atoms with Gasteiger partial charge >= 0.3 is 0 Å². The van der Waals surface area contributed by atoms with Crippen LogP contribution in [0, 0.1) is 0 Å². The van der Waals surface area contributed by atoms with E-state index in [2.05, 4.69) is 27.2 Å². The van der Waals surface area contributed by atoms with Gasteiger partial charge in [-0.15, -0.1) is 0 Å². The van der Waals surface area contributed by atoms with Crippen molar-refractivity contribution in [2.45, 2.75) is 19.4 Å². The van der Waals surface area contributed by atoms with Crippen LogP contribution in [-0.4, -0.2) is 68.2 Å². The molecule has 2 aliphatic heterocycles. The van der Waals surface area contributed by atoms with Crippen molar-refractivity contribution in [2.24, 2.45) is 0 Å². The first-order chi connectivity index (χ1) is 11.3. The SMILES string of the molecule is O=C(NCCN1CCOCC1)c1ccc(CN2CCCC2)cc1. The van der Waals surface area contributed by atoms with Crippen molar-refractivity contribution in [3.05, 3.63) is 35.4 Å². The Hall–Kier alpha value is -1.43. The molecule has 2 heterocycles. The van der Waals surface area contributed by atoms with Gasteiger partial charge in [0.05, 0.1) is 13.2 Å². The largest absolute Gasteiger partial charge is 0.379 e. The Kier molecular flexibility index (Phi) is 6.02. The number of carbonyl (C=O) groups is 1. The minimum atomic E-state index is 0.0194. The standard InChI is InChI=1S/C18H27N3O2/c22-18(19-7-10-20-11-13-23-14-12-20)17-5-3-16(4-6-17)15-21-8-1-2-9-21/h3-6H,1-2,7-15H2,(H,19,22). The van der Waals surface area contributed by atoms with Gasteiger partial charge in [-0.3, -0.25) is 14.6 Å². The Morgan fingerprint density at radius 3 is 2.39 bits per heavy atom. The van der Waals surface area contributed by atoms with Crippen molar-refractivity contribution < 1.29 is 9.53 Å². The fraction of sp³-hybridized carbons (Fsp3) is 0.611. The van der Waals surface area contributed by atoms with E-state index >= 15 is 0 Å². The van der Waals surface area contributed by atoms with E-state index in [1.165, 1.54) is 31.5 Å². The summed E-state index contributed by atoms with van der Waals surface area (Å²) in [5, 5.41) is 3.01. The molecule has 0 saturated carbocycles. The molecular formula is C18H27N3O2. The van der Waals surface area contributed by atoms with E-state index in [0.29, 0.717) is 6.54 Å². The molecule has 126 valence electrons. The van der Waals surface area contributed by atoms with Crippen LogP contribution in [0.2, 0.25) is 0 Å². The maximum absolute atomic E-state index is 12.2. The van der Waals surface area contributed by atoms with Crippen molar-refractivity contribution in [2.75, 3.05) is 52.5 Å². The number of hydrogen-bond acceptors (Lipinski definition) is 4. The van der Waals surface area contributed by atoms with E-state index in [-0.39, 0.29) is 5.91 Å². The number of likely N-dealkylation sites (tertiary alicyclic amines) is 1. The van der Waals surface area contributed by atoms with Crippen molar-refractivity contribution >= 4 is 5.91 Å². The molecule has 2 aliphatic rings. The van der Waals surface area contributed by atoms with Crippen LogP contribution in [0.3, 0.4) is 0 Å². The van der Waals surface area contributed by atoms with Crippen LogP contribution >= 0.6 is 0 Å². The highest BCUT2D eigenvalue weighted by Gasteiger charge is 2.13. The summed E-state index contributed by atoms with van der Waals surface area (Å²) in [4.78, 5) is 17.0. The second-order valence-electron chi connectivity index (χ2n) is 6.39. The molecule has 0 radical (unpaired) electrons. The molecule has 0 atom stereocenters. The second kappa shape index (κ2) is 8.43. The van der Waals surface area contributed by atoms with Crippen molar-refractivity contribution in [1.29, 1.82) is 0 Å². The van der Waals surface area contributed by atoms with Gasteiger partial charge < -0.3 is 10.1 Å². The fourth-order valence-corrected chi connectivity index (χ4v) is 3.21. The Morgan fingerprint density at radius 2 is 1.70 bits per heavy atom. The van der Waals surface area contributed by atoms with Gasteiger partial charge in [0.25, 0.3) is 5.91 Å². The van der Waals surface area contributed by atoms with Crippen molar-refractivity contribution in [1.82, 2.24) is 15.1 Å². The summed E-state index contributed by atoms with van der Waals surface area (Å²) in [5.41, 5.74) is 2.04. The first kappa shape index (κ1) is 16.4. The Labute approximate surface area is 138 Å². The van der Waals surface area contributed by atoms with Gasteiger partial charge in [0.15, 0.2) is 0 Å². The summed E-state index contributed by atoms with van der Waals surface area (Å²) in [6, 6.07) is 8.04. The monoisotopic (exact) mass is 317 g/mol. The number of nitrogens with zero attached hydrogens (tertiary/aromatic N) is 2. The predicted octanol–water partition coefficient (Wildman–Crippen LogP) is 1.34. The quantitative estimate of drug-likeness (QED) is 0.860. The predicted molar refractivity (Wildman–Crippen MR) is 90.5 cm³/mol. The summed E-state index contributed by atoms with van der Waals surface area (Å²) in [6.45, 7) is 8.49. The normalized spacial score (nSPS) is 19.8. The van der Waals surface area contributed by atoms with E-state index in [9.17, 15) is 4.79 Å². The number of carbonyl (C=O) groups excluding carboxylic acids is 1. The van der Waals surface area contributed by atoms with Crippen LogP contribution in [0.4, 0.5) is 0 Å². The van der Waals surface area contributed by atoms with Crippen molar-refractivity contribution in [3.8, 4) is 0 Å². The summed E-state index contributed by atoms with van der Waals surface area (Å²) >= 11 is 0. The Balaban J connectivity index is 1.41. The molecule has 0 spiro atoms. The van der Waals surface area contributed by atoms with Crippen LogP contribution in [0.1, 0.15) is 28.8 Å². The van der Waals surface area contributed by atoms with Gasteiger partial charge in [-0.25, -0.2) is 0 Å². The van der Waals surface area contributed by atoms with Crippen molar-refractivity contribution in [3.63, 3.8) is 0 Å². The molecule has 0 bridgehead atoms. The fourth-order valence-electron chi connectivity index (χ4n) is 3.21. The van der Waals surface area contributed by atoms with Gasteiger partial charge in [0.1, 0.15) is 0 Å². The summed E-state index contributed by atoms with van der Waals surface area (Å²) in [7, 11) is 0. The third-order valence-corrected chi connectivity index (χ3v) is 4.64. The maximum atomic E-state index is 12.2. The number of hydrogen-bond donors (Lipinski definition) is 1. The lowest BCUT2D eigenvalue weighted by molar-refractivity contribution is 0.0383. The lowest BCUT2D eigenvalue weighted by Gasteiger charge is -2.26. The summed E-state index contributed by atoms with van der Waals surface area (Å²) in [5.74, 6) is 0.0194. The molecule has 1 aromatic rings.